The zero-order valence-electron chi connectivity index (χ0n) is 13.1. The van der Waals surface area contributed by atoms with Gasteiger partial charge in [-0.2, -0.15) is 0 Å². The van der Waals surface area contributed by atoms with E-state index in [0.29, 0.717) is 10.8 Å². The predicted octanol–water partition coefficient (Wildman–Crippen LogP) is 5.62. The van der Waals surface area contributed by atoms with E-state index in [-0.39, 0.29) is 11.5 Å². The second-order valence-electron chi connectivity index (χ2n) is 6.26. The summed E-state index contributed by atoms with van der Waals surface area (Å²) in [5, 5.41) is 5.05. The lowest BCUT2D eigenvalue weighted by Crippen LogP contribution is -2.35. The lowest BCUT2D eigenvalue weighted by Gasteiger charge is -2.36. The summed E-state index contributed by atoms with van der Waals surface area (Å²) < 4.78 is 5.26. The Hall–Kier alpha value is -0.440. The molecule has 0 spiro atoms. The quantitative estimate of drug-likeness (QED) is 0.730. The van der Waals surface area contributed by atoms with Crippen molar-refractivity contribution in [3.63, 3.8) is 0 Å². The van der Waals surface area contributed by atoms with Gasteiger partial charge >= 0.3 is 0 Å². The smallest absolute Gasteiger partial charge is 0.138 e. The number of methoxy groups -OCH3 is 1. The van der Waals surface area contributed by atoms with E-state index in [0.717, 1.165) is 23.6 Å². The number of ether oxygens (including phenoxy) is 1. The Bertz CT molecular complexity index is 484. The zero-order valence-corrected chi connectivity index (χ0v) is 14.7. The van der Waals surface area contributed by atoms with Gasteiger partial charge in [0.1, 0.15) is 5.75 Å². The molecule has 1 fully saturated rings. The molecular formula is C17H25Cl2NO. The Labute approximate surface area is 138 Å². The molecule has 1 saturated carbocycles. The molecule has 1 aromatic carbocycles. The maximum Gasteiger partial charge on any atom is 0.138 e. The molecule has 2 nitrogen and oxygen atoms in total. The normalized spacial score (nSPS) is 18.7. The van der Waals surface area contributed by atoms with Crippen molar-refractivity contribution < 1.29 is 4.74 Å². The fourth-order valence-corrected chi connectivity index (χ4v) is 3.93. The summed E-state index contributed by atoms with van der Waals surface area (Å²) in [6.45, 7) is 5.53. The highest BCUT2D eigenvalue weighted by Crippen LogP contribution is 2.49. The summed E-state index contributed by atoms with van der Waals surface area (Å²) in [5.74, 6) is 0.635. The monoisotopic (exact) mass is 329 g/mol. The van der Waals surface area contributed by atoms with Crippen LogP contribution in [0.15, 0.2) is 12.1 Å². The minimum Gasteiger partial charge on any atom is -0.495 e. The van der Waals surface area contributed by atoms with Crippen molar-refractivity contribution in [3.05, 3.63) is 27.7 Å². The minimum absolute atomic E-state index is 0.246. The Morgan fingerprint density at radius 3 is 2.48 bits per heavy atom. The highest BCUT2D eigenvalue weighted by atomic mass is 35.5. The molecule has 1 unspecified atom stereocenters. The van der Waals surface area contributed by atoms with Crippen LogP contribution in [0.25, 0.3) is 0 Å². The third-order valence-corrected chi connectivity index (χ3v) is 5.25. The van der Waals surface area contributed by atoms with E-state index >= 15 is 0 Å². The van der Waals surface area contributed by atoms with Crippen LogP contribution < -0.4 is 10.1 Å². The van der Waals surface area contributed by atoms with Crippen LogP contribution in [0, 0.1) is 5.41 Å². The molecule has 1 aliphatic carbocycles. The third kappa shape index (κ3) is 3.67. The van der Waals surface area contributed by atoms with Crippen molar-refractivity contribution in [3.8, 4) is 5.75 Å². The largest absolute Gasteiger partial charge is 0.495 e. The molecule has 21 heavy (non-hydrogen) atoms. The molecule has 118 valence electrons. The molecule has 1 aromatic rings. The minimum atomic E-state index is 0.246. The van der Waals surface area contributed by atoms with Crippen LogP contribution >= 0.6 is 23.2 Å². The van der Waals surface area contributed by atoms with Crippen LogP contribution in [0.3, 0.4) is 0 Å². The number of rotatable bonds is 6. The van der Waals surface area contributed by atoms with E-state index in [1.165, 1.54) is 25.7 Å². The van der Waals surface area contributed by atoms with Crippen LogP contribution in [0.1, 0.15) is 57.6 Å². The molecule has 0 heterocycles. The van der Waals surface area contributed by atoms with Crippen molar-refractivity contribution in [2.24, 2.45) is 5.41 Å². The summed E-state index contributed by atoms with van der Waals surface area (Å²) >= 11 is 12.8. The highest BCUT2D eigenvalue weighted by molar-refractivity contribution is 6.34. The van der Waals surface area contributed by atoms with Crippen molar-refractivity contribution in [1.82, 2.24) is 5.32 Å². The van der Waals surface area contributed by atoms with Crippen LogP contribution in [0.5, 0.6) is 5.75 Å². The Balaban J connectivity index is 2.38. The van der Waals surface area contributed by atoms with Gasteiger partial charge in [0.15, 0.2) is 0 Å². The van der Waals surface area contributed by atoms with Crippen LogP contribution in [-0.2, 0) is 0 Å². The Morgan fingerprint density at radius 1 is 1.24 bits per heavy atom. The standard InChI is InChI=1S/C17H25Cl2NO/c1-4-9-20-16(17(2)7-5-6-8-17)12-10-14(19)15(21-3)11-13(12)18/h10-11,16,20H,4-9H2,1-3H3. The highest BCUT2D eigenvalue weighted by Gasteiger charge is 2.38. The first-order valence-corrected chi connectivity index (χ1v) is 8.53. The van der Waals surface area contributed by atoms with Gasteiger partial charge < -0.3 is 10.1 Å². The summed E-state index contributed by atoms with van der Waals surface area (Å²) in [7, 11) is 1.61. The molecular weight excluding hydrogens is 305 g/mol. The molecule has 1 aliphatic rings. The van der Waals surface area contributed by atoms with Crippen molar-refractivity contribution >= 4 is 23.2 Å². The van der Waals surface area contributed by atoms with Crippen LogP contribution in [-0.4, -0.2) is 13.7 Å². The zero-order chi connectivity index (χ0) is 15.5. The van der Waals surface area contributed by atoms with E-state index in [9.17, 15) is 0 Å². The van der Waals surface area contributed by atoms with E-state index in [2.05, 4.69) is 19.2 Å². The second kappa shape index (κ2) is 7.21. The van der Waals surface area contributed by atoms with Gasteiger partial charge in [0.25, 0.3) is 0 Å². The maximum atomic E-state index is 6.52. The summed E-state index contributed by atoms with van der Waals surface area (Å²) in [6, 6.07) is 4.05. The Kier molecular flexibility index (Phi) is 5.81. The van der Waals surface area contributed by atoms with E-state index < -0.39 is 0 Å². The number of hydrogen-bond acceptors (Lipinski definition) is 2. The third-order valence-electron chi connectivity index (χ3n) is 4.62. The first kappa shape index (κ1) is 16.9. The first-order chi connectivity index (χ1) is 10.0. The molecule has 0 amide bonds. The number of hydrogen-bond donors (Lipinski definition) is 1. The number of nitrogens with one attached hydrogen (secondary N) is 1. The molecule has 0 saturated heterocycles. The predicted molar refractivity (Wildman–Crippen MR) is 90.6 cm³/mol. The molecule has 4 heteroatoms. The molecule has 0 aromatic heterocycles. The van der Waals surface area contributed by atoms with Gasteiger partial charge in [0.05, 0.1) is 12.1 Å². The SMILES string of the molecule is CCCNC(c1cc(Cl)c(OC)cc1Cl)C1(C)CCCC1. The van der Waals surface area contributed by atoms with Gasteiger partial charge in [0, 0.05) is 17.1 Å². The summed E-state index contributed by atoms with van der Waals surface area (Å²) in [4.78, 5) is 0. The fourth-order valence-electron chi connectivity index (χ4n) is 3.41. The summed E-state index contributed by atoms with van der Waals surface area (Å²) in [5.41, 5.74) is 1.34. The van der Waals surface area contributed by atoms with E-state index in [4.69, 9.17) is 27.9 Å². The van der Waals surface area contributed by atoms with Gasteiger partial charge in [0.2, 0.25) is 0 Å². The second-order valence-corrected chi connectivity index (χ2v) is 7.07. The molecule has 2 rings (SSSR count). The molecule has 0 aliphatic heterocycles. The van der Waals surface area contributed by atoms with Crippen LogP contribution in [0.2, 0.25) is 10.0 Å². The van der Waals surface area contributed by atoms with E-state index in [1.54, 1.807) is 7.11 Å². The number of halogens is 2. The van der Waals surface area contributed by atoms with Crippen LogP contribution in [0.4, 0.5) is 0 Å². The van der Waals surface area contributed by atoms with E-state index in [1.807, 2.05) is 12.1 Å². The topological polar surface area (TPSA) is 21.3 Å². The Morgan fingerprint density at radius 2 is 1.90 bits per heavy atom. The van der Waals surface area contributed by atoms with Gasteiger partial charge in [-0.25, -0.2) is 0 Å². The van der Waals surface area contributed by atoms with Gasteiger partial charge in [-0.15, -0.1) is 0 Å². The average Bonchev–Trinajstić information content (AvgIpc) is 2.90. The van der Waals surface area contributed by atoms with Gasteiger partial charge in [-0.1, -0.05) is 49.9 Å². The average molecular weight is 330 g/mol. The molecule has 0 radical (unpaired) electrons. The lowest BCUT2D eigenvalue weighted by molar-refractivity contribution is 0.223. The number of benzene rings is 1. The molecule has 1 N–H and O–H groups in total. The molecule has 1 atom stereocenters. The fraction of sp³-hybridized carbons (Fsp3) is 0.647. The van der Waals surface area contributed by atoms with Gasteiger partial charge in [-0.3, -0.25) is 0 Å². The van der Waals surface area contributed by atoms with Gasteiger partial charge in [-0.05, 0) is 42.9 Å². The maximum absolute atomic E-state index is 6.52. The molecule has 0 bridgehead atoms. The van der Waals surface area contributed by atoms with Crippen molar-refractivity contribution in [1.29, 1.82) is 0 Å². The first-order valence-electron chi connectivity index (χ1n) is 7.78. The summed E-state index contributed by atoms with van der Waals surface area (Å²) in [6.07, 6.45) is 6.15. The van der Waals surface area contributed by atoms with Crippen molar-refractivity contribution in [2.75, 3.05) is 13.7 Å². The lowest BCUT2D eigenvalue weighted by atomic mass is 9.77. The van der Waals surface area contributed by atoms with Crippen molar-refractivity contribution in [2.45, 2.75) is 52.0 Å².